The lowest BCUT2D eigenvalue weighted by Gasteiger charge is -1.90. The summed E-state index contributed by atoms with van der Waals surface area (Å²) in [6, 6.07) is 1.89. The SMILES string of the molecule is O=[N+]([O-])c1cn[nH]c1-c1nc2c3ccsc3ncn2n1. The first kappa shape index (κ1) is 11.0. The number of thiophene rings is 1. The first-order valence-corrected chi connectivity index (χ1v) is 6.39. The molecule has 0 aliphatic carbocycles. The molecular weight excluding hydrogens is 282 g/mol. The summed E-state index contributed by atoms with van der Waals surface area (Å²) in [7, 11) is 0. The van der Waals surface area contributed by atoms with Gasteiger partial charge in [-0.3, -0.25) is 15.2 Å². The highest BCUT2D eigenvalue weighted by molar-refractivity contribution is 7.16. The van der Waals surface area contributed by atoms with Crippen LogP contribution in [-0.4, -0.2) is 34.7 Å². The van der Waals surface area contributed by atoms with E-state index < -0.39 is 4.92 Å². The number of nitro groups is 1. The molecule has 0 spiro atoms. The van der Waals surface area contributed by atoms with E-state index >= 15 is 0 Å². The molecule has 0 saturated heterocycles. The predicted molar refractivity (Wildman–Crippen MR) is 70.4 cm³/mol. The summed E-state index contributed by atoms with van der Waals surface area (Å²) in [6.07, 6.45) is 2.67. The van der Waals surface area contributed by atoms with Crippen molar-refractivity contribution in [2.45, 2.75) is 0 Å². The Bertz CT molecular complexity index is 953. The molecule has 0 radical (unpaired) electrons. The Labute approximate surface area is 114 Å². The lowest BCUT2D eigenvalue weighted by Crippen LogP contribution is -1.91. The number of fused-ring (bicyclic) bond motifs is 3. The number of aromatic amines is 1. The predicted octanol–water partition coefficient (Wildman–Crippen LogP) is 1.64. The smallest absolute Gasteiger partial charge is 0.268 e. The molecule has 0 fully saturated rings. The van der Waals surface area contributed by atoms with Crippen LogP contribution in [0, 0.1) is 10.1 Å². The molecule has 0 unspecified atom stereocenters. The van der Waals surface area contributed by atoms with Gasteiger partial charge in [0.1, 0.15) is 17.4 Å². The van der Waals surface area contributed by atoms with Gasteiger partial charge in [-0.2, -0.15) is 5.10 Å². The van der Waals surface area contributed by atoms with E-state index in [-0.39, 0.29) is 17.2 Å². The first-order chi connectivity index (χ1) is 9.74. The summed E-state index contributed by atoms with van der Waals surface area (Å²) in [4.78, 5) is 19.8. The van der Waals surface area contributed by atoms with Crippen molar-refractivity contribution in [3.8, 4) is 11.5 Å². The van der Waals surface area contributed by atoms with Gasteiger partial charge in [0.05, 0.1) is 10.3 Å². The van der Waals surface area contributed by atoms with E-state index in [2.05, 4.69) is 25.3 Å². The third-order valence-corrected chi connectivity index (χ3v) is 3.66. The summed E-state index contributed by atoms with van der Waals surface area (Å²) < 4.78 is 1.49. The van der Waals surface area contributed by atoms with E-state index in [4.69, 9.17) is 0 Å². The molecule has 4 aromatic heterocycles. The van der Waals surface area contributed by atoms with Gasteiger partial charge in [0.25, 0.3) is 0 Å². The first-order valence-electron chi connectivity index (χ1n) is 5.51. The minimum Gasteiger partial charge on any atom is -0.268 e. The maximum absolute atomic E-state index is 10.9. The molecule has 0 aliphatic heterocycles. The zero-order valence-electron chi connectivity index (χ0n) is 9.72. The van der Waals surface area contributed by atoms with Crippen molar-refractivity contribution in [3.63, 3.8) is 0 Å². The van der Waals surface area contributed by atoms with Crippen LogP contribution in [0.2, 0.25) is 0 Å². The van der Waals surface area contributed by atoms with Crippen LogP contribution in [0.25, 0.3) is 27.4 Å². The van der Waals surface area contributed by atoms with Gasteiger partial charge in [0, 0.05) is 0 Å². The Balaban J connectivity index is 2.01. The molecule has 0 atom stereocenters. The van der Waals surface area contributed by atoms with Gasteiger partial charge in [-0.25, -0.2) is 14.5 Å². The standard InChI is InChI=1S/C10H5N7O2S/c18-17(19)6-3-12-14-7(6)8-13-9-5-1-2-20-10(5)11-4-16(9)15-8/h1-4H,(H,12,14). The lowest BCUT2D eigenvalue weighted by atomic mass is 10.3. The number of H-pyrrole nitrogens is 1. The van der Waals surface area contributed by atoms with E-state index in [9.17, 15) is 10.1 Å². The molecule has 0 aromatic carbocycles. The van der Waals surface area contributed by atoms with Crippen LogP contribution in [0.3, 0.4) is 0 Å². The molecule has 0 bridgehead atoms. The normalized spacial score (nSPS) is 11.4. The number of nitrogens with zero attached hydrogens (tertiary/aromatic N) is 6. The number of hydrogen-bond acceptors (Lipinski definition) is 7. The molecule has 1 N–H and O–H groups in total. The summed E-state index contributed by atoms with van der Waals surface area (Å²) in [5.74, 6) is 0.217. The third kappa shape index (κ3) is 1.42. The second-order valence-electron chi connectivity index (χ2n) is 3.97. The van der Waals surface area contributed by atoms with Crippen molar-refractivity contribution >= 4 is 32.9 Å². The third-order valence-electron chi connectivity index (χ3n) is 2.84. The van der Waals surface area contributed by atoms with Crippen LogP contribution in [-0.2, 0) is 0 Å². The molecule has 4 aromatic rings. The maximum Gasteiger partial charge on any atom is 0.318 e. The number of hydrogen-bond donors (Lipinski definition) is 1. The lowest BCUT2D eigenvalue weighted by molar-refractivity contribution is -0.384. The van der Waals surface area contributed by atoms with Crippen molar-refractivity contribution in [1.29, 1.82) is 0 Å². The second kappa shape index (κ2) is 3.81. The van der Waals surface area contributed by atoms with Gasteiger partial charge in [-0.05, 0) is 11.4 Å². The monoisotopic (exact) mass is 287 g/mol. The second-order valence-corrected chi connectivity index (χ2v) is 4.87. The van der Waals surface area contributed by atoms with Gasteiger partial charge in [0.15, 0.2) is 11.3 Å². The highest BCUT2D eigenvalue weighted by atomic mass is 32.1. The Morgan fingerprint density at radius 1 is 1.45 bits per heavy atom. The minimum absolute atomic E-state index is 0.157. The zero-order valence-corrected chi connectivity index (χ0v) is 10.5. The molecule has 10 heteroatoms. The summed E-state index contributed by atoms with van der Waals surface area (Å²) in [5.41, 5.74) is 0.632. The minimum atomic E-state index is -0.525. The van der Waals surface area contributed by atoms with Gasteiger partial charge in [0.2, 0.25) is 5.82 Å². The Hall–Kier alpha value is -2.88. The average molecular weight is 287 g/mol. The molecule has 0 amide bonds. The van der Waals surface area contributed by atoms with E-state index in [0.717, 1.165) is 16.4 Å². The van der Waals surface area contributed by atoms with Crippen molar-refractivity contribution in [2.24, 2.45) is 0 Å². The zero-order chi connectivity index (χ0) is 13.7. The molecule has 20 heavy (non-hydrogen) atoms. The quantitative estimate of drug-likeness (QED) is 0.442. The Morgan fingerprint density at radius 2 is 2.35 bits per heavy atom. The Morgan fingerprint density at radius 3 is 3.20 bits per heavy atom. The van der Waals surface area contributed by atoms with Gasteiger partial charge >= 0.3 is 5.69 Å². The number of aromatic nitrogens is 6. The van der Waals surface area contributed by atoms with Crippen LogP contribution in [0.1, 0.15) is 0 Å². The molecule has 4 heterocycles. The molecular formula is C10H5N7O2S. The van der Waals surface area contributed by atoms with Gasteiger partial charge in [-0.15, -0.1) is 16.4 Å². The highest BCUT2D eigenvalue weighted by Gasteiger charge is 2.22. The van der Waals surface area contributed by atoms with Crippen LogP contribution in [0.5, 0.6) is 0 Å². The van der Waals surface area contributed by atoms with Crippen molar-refractivity contribution in [2.75, 3.05) is 0 Å². The maximum atomic E-state index is 10.9. The topological polar surface area (TPSA) is 115 Å². The number of rotatable bonds is 2. The highest BCUT2D eigenvalue weighted by Crippen LogP contribution is 2.27. The van der Waals surface area contributed by atoms with Gasteiger partial charge < -0.3 is 0 Å². The van der Waals surface area contributed by atoms with E-state index in [1.54, 1.807) is 0 Å². The van der Waals surface area contributed by atoms with E-state index in [1.165, 1.54) is 22.2 Å². The average Bonchev–Trinajstić information content (AvgIpc) is 3.15. The fourth-order valence-corrected chi connectivity index (χ4v) is 2.68. The summed E-state index contributed by atoms with van der Waals surface area (Å²) in [6.45, 7) is 0. The summed E-state index contributed by atoms with van der Waals surface area (Å²) in [5, 5.41) is 24.1. The van der Waals surface area contributed by atoms with Crippen molar-refractivity contribution < 1.29 is 4.92 Å². The van der Waals surface area contributed by atoms with E-state index in [1.807, 2.05) is 11.4 Å². The summed E-state index contributed by atoms with van der Waals surface area (Å²) >= 11 is 1.50. The molecule has 0 aliphatic rings. The molecule has 98 valence electrons. The Kier molecular flexibility index (Phi) is 2.09. The van der Waals surface area contributed by atoms with Crippen LogP contribution in [0.4, 0.5) is 5.69 Å². The van der Waals surface area contributed by atoms with Crippen LogP contribution >= 0.6 is 11.3 Å². The van der Waals surface area contributed by atoms with E-state index in [0.29, 0.717) is 5.65 Å². The van der Waals surface area contributed by atoms with Gasteiger partial charge in [-0.1, -0.05) is 0 Å². The van der Waals surface area contributed by atoms with Crippen molar-refractivity contribution in [3.05, 3.63) is 34.1 Å². The van der Waals surface area contributed by atoms with Crippen LogP contribution in [0.15, 0.2) is 24.0 Å². The van der Waals surface area contributed by atoms with Crippen LogP contribution < -0.4 is 0 Å². The molecule has 0 saturated carbocycles. The fraction of sp³-hybridized carbons (Fsp3) is 0. The largest absolute Gasteiger partial charge is 0.318 e. The number of nitrogens with one attached hydrogen (secondary N) is 1. The molecule has 4 rings (SSSR count). The van der Waals surface area contributed by atoms with Crippen molar-refractivity contribution in [1.82, 2.24) is 29.8 Å². The molecule has 9 nitrogen and oxygen atoms in total. The fourth-order valence-electron chi connectivity index (χ4n) is 1.95.